The number of aliphatic hydroxyl groups excluding tert-OH is 1. The maximum Gasteiger partial charge on any atom is 0.407 e. The summed E-state index contributed by atoms with van der Waals surface area (Å²) in [4.78, 5) is 16.8. The second kappa shape index (κ2) is 11.1. The summed E-state index contributed by atoms with van der Waals surface area (Å²) in [6.07, 6.45) is 5.57. The Morgan fingerprint density at radius 2 is 2.03 bits per heavy atom. The number of carbonyl (C=O) groups excluding carboxylic acids is 1. The number of alkyl carbamates (subject to hydrolysis) is 1. The molecule has 3 unspecified atom stereocenters. The first-order valence-electron chi connectivity index (χ1n) is 11.4. The maximum atomic E-state index is 13.7. The SMILES string of the molecule is CC(C)(C)OC(=O)NC(Cc1cc(F)cc(F)c1)C(O)CCc1nccn1C1CCCCO1. The van der Waals surface area contributed by atoms with Gasteiger partial charge in [-0.15, -0.1) is 0 Å². The zero-order chi connectivity index (χ0) is 24.0. The minimum Gasteiger partial charge on any atom is -0.444 e. The monoisotopic (exact) mass is 465 g/mol. The quantitative estimate of drug-likeness (QED) is 0.608. The number of hydrogen-bond acceptors (Lipinski definition) is 5. The standard InChI is InChI=1S/C24H33F2N3O4/c1-24(2,3)33-23(31)28-19(14-16-12-17(25)15-18(26)13-16)20(30)7-8-21-27-9-10-29(21)22-6-4-5-11-32-22/h9-10,12-13,15,19-20,22,30H,4-8,11,14H2,1-3H3,(H,28,31). The van der Waals surface area contributed by atoms with Crippen molar-refractivity contribution in [1.29, 1.82) is 0 Å². The number of ether oxygens (including phenoxy) is 2. The molecule has 2 N–H and O–H groups in total. The average Bonchev–Trinajstić information content (AvgIpc) is 3.18. The lowest BCUT2D eigenvalue weighted by Crippen LogP contribution is -2.47. The summed E-state index contributed by atoms with van der Waals surface area (Å²) in [5.41, 5.74) is -0.403. The van der Waals surface area contributed by atoms with Crippen LogP contribution in [0.1, 0.15) is 64.1 Å². The highest BCUT2D eigenvalue weighted by atomic mass is 19.1. The van der Waals surface area contributed by atoms with Crippen LogP contribution in [-0.4, -0.2) is 45.1 Å². The lowest BCUT2D eigenvalue weighted by Gasteiger charge is -2.28. The highest BCUT2D eigenvalue weighted by molar-refractivity contribution is 5.68. The van der Waals surface area contributed by atoms with E-state index in [4.69, 9.17) is 9.47 Å². The molecule has 2 heterocycles. The molecular weight excluding hydrogens is 432 g/mol. The van der Waals surface area contributed by atoms with Crippen LogP contribution in [0.5, 0.6) is 0 Å². The number of carbonyl (C=O) groups is 1. The van der Waals surface area contributed by atoms with Crippen molar-refractivity contribution in [1.82, 2.24) is 14.9 Å². The summed E-state index contributed by atoms with van der Waals surface area (Å²) in [5.74, 6) is -0.663. The van der Waals surface area contributed by atoms with E-state index in [1.807, 2.05) is 10.8 Å². The molecule has 9 heteroatoms. The number of nitrogens with zero attached hydrogens (tertiary/aromatic N) is 2. The normalized spacial score (nSPS) is 18.5. The van der Waals surface area contributed by atoms with Crippen LogP contribution < -0.4 is 5.32 Å². The van der Waals surface area contributed by atoms with Crippen molar-refractivity contribution in [2.75, 3.05) is 6.61 Å². The minimum atomic E-state index is -0.999. The molecule has 0 bridgehead atoms. The largest absolute Gasteiger partial charge is 0.444 e. The van der Waals surface area contributed by atoms with Crippen molar-refractivity contribution in [3.63, 3.8) is 0 Å². The van der Waals surface area contributed by atoms with Gasteiger partial charge in [0.05, 0.1) is 12.1 Å². The van der Waals surface area contributed by atoms with E-state index < -0.39 is 35.5 Å². The third-order valence-corrected chi connectivity index (χ3v) is 5.42. The number of benzene rings is 1. The molecular formula is C24H33F2N3O4. The molecule has 1 aliphatic rings. The van der Waals surface area contributed by atoms with Crippen molar-refractivity contribution in [2.24, 2.45) is 0 Å². The van der Waals surface area contributed by atoms with E-state index in [0.717, 1.165) is 31.2 Å². The van der Waals surface area contributed by atoms with Crippen LogP contribution in [0.3, 0.4) is 0 Å². The van der Waals surface area contributed by atoms with Crippen LogP contribution in [-0.2, 0) is 22.3 Å². The Hall–Kier alpha value is -2.52. The zero-order valence-corrected chi connectivity index (χ0v) is 19.4. The molecule has 1 saturated heterocycles. The molecule has 2 aromatic rings. The predicted molar refractivity (Wildman–Crippen MR) is 119 cm³/mol. The van der Waals surface area contributed by atoms with E-state index in [0.29, 0.717) is 18.6 Å². The summed E-state index contributed by atoms with van der Waals surface area (Å²) >= 11 is 0. The van der Waals surface area contributed by atoms with Gasteiger partial charge in [0, 0.05) is 31.5 Å². The Balaban J connectivity index is 1.69. The van der Waals surface area contributed by atoms with Gasteiger partial charge in [0.25, 0.3) is 0 Å². The summed E-state index contributed by atoms with van der Waals surface area (Å²) in [7, 11) is 0. The molecule has 182 valence electrons. The molecule has 1 amide bonds. The first-order valence-corrected chi connectivity index (χ1v) is 11.4. The fourth-order valence-electron chi connectivity index (χ4n) is 3.95. The second-order valence-electron chi connectivity index (χ2n) is 9.41. The third kappa shape index (κ3) is 7.78. The molecule has 1 fully saturated rings. The van der Waals surface area contributed by atoms with Gasteiger partial charge in [-0.3, -0.25) is 0 Å². The number of nitrogens with one attached hydrogen (secondary N) is 1. The molecule has 33 heavy (non-hydrogen) atoms. The van der Waals surface area contributed by atoms with Crippen LogP contribution in [0.25, 0.3) is 0 Å². The van der Waals surface area contributed by atoms with E-state index in [1.165, 1.54) is 12.1 Å². The number of imidazole rings is 1. The first-order chi connectivity index (χ1) is 15.6. The van der Waals surface area contributed by atoms with Crippen LogP contribution >= 0.6 is 0 Å². The van der Waals surface area contributed by atoms with E-state index in [9.17, 15) is 18.7 Å². The van der Waals surface area contributed by atoms with Gasteiger partial charge in [0.2, 0.25) is 0 Å². The Morgan fingerprint density at radius 1 is 1.30 bits per heavy atom. The molecule has 1 aromatic carbocycles. The van der Waals surface area contributed by atoms with E-state index in [-0.39, 0.29) is 19.1 Å². The summed E-state index contributed by atoms with van der Waals surface area (Å²) in [6.45, 7) is 5.89. The lowest BCUT2D eigenvalue weighted by molar-refractivity contribution is -0.0338. The minimum absolute atomic E-state index is 0.0370. The fourth-order valence-corrected chi connectivity index (χ4v) is 3.95. The molecule has 3 rings (SSSR count). The zero-order valence-electron chi connectivity index (χ0n) is 19.4. The number of aromatic nitrogens is 2. The summed E-state index contributed by atoms with van der Waals surface area (Å²) < 4.78 is 40.5. The van der Waals surface area contributed by atoms with Crippen molar-refractivity contribution in [3.8, 4) is 0 Å². The molecule has 1 aliphatic heterocycles. The van der Waals surface area contributed by atoms with Gasteiger partial charge in [0.15, 0.2) is 0 Å². The Morgan fingerprint density at radius 3 is 2.67 bits per heavy atom. The number of amides is 1. The number of rotatable bonds is 8. The van der Waals surface area contributed by atoms with E-state index >= 15 is 0 Å². The van der Waals surface area contributed by atoms with Crippen LogP contribution in [0, 0.1) is 11.6 Å². The number of halogens is 2. The van der Waals surface area contributed by atoms with Gasteiger partial charge in [-0.2, -0.15) is 0 Å². The molecule has 0 aliphatic carbocycles. The predicted octanol–water partition coefficient (Wildman–Crippen LogP) is 4.29. The number of aryl methyl sites for hydroxylation is 1. The van der Waals surface area contributed by atoms with Crippen molar-refractivity contribution >= 4 is 6.09 Å². The number of hydrogen-bond donors (Lipinski definition) is 2. The average molecular weight is 466 g/mol. The van der Waals surface area contributed by atoms with Crippen molar-refractivity contribution < 1.29 is 28.2 Å². The molecule has 0 radical (unpaired) electrons. The summed E-state index contributed by atoms with van der Waals surface area (Å²) in [6, 6.07) is 2.35. The highest BCUT2D eigenvalue weighted by Crippen LogP contribution is 2.24. The van der Waals surface area contributed by atoms with Crippen LogP contribution in [0.2, 0.25) is 0 Å². The molecule has 7 nitrogen and oxygen atoms in total. The van der Waals surface area contributed by atoms with Gasteiger partial charge in [0.1, 0.15) is 29.3 Å². The van der Waals surface area contributed by atoms with Crippen LogP contribution in [0.4, 0.5) is 13.6 Å². The Kier molecular flexibility index (Phi) is 8.42. The van der Waals surface area contributed by atoms with Gasteiger partial charge in [-0.05, 0) is 70.6 Å². The van der Waals surface area contributed by atoms with E-state index in [2.05, 4.69) is 10.3 Å². The number of aliphatic hydroxyl groups is 1. The first kappa shape index (κ1) is 25.1. The molecule has 3 atom stereocenters. The van der Waals surface area contributed by atoms with Gasteiger partial charge < -0.3 is 24.5 Å². The Labute approximate surface area is 193 Å². The smallest absolute Gasteiger partial charge is 0.407 e. The Bertz CT molecular complexity index is 902. The van der Waals surface area contributed by atoms with E-state index in [1.54, 1.807) is 27.0 Å². The lowest BCUT2D eigenvalue weighted by atomic mass is 9.98. The summed E-state index contributed by atoms with van der Waals surface area (Å²) in [5, 5.41) is 13.6. The highest BCUT2D eigenvalue weighted by Gasteiger charge is 2.26. The van der Waals surface area contributed by atoms with Gasteiger partial charge in [-0.1, -0.05) is 0 Å². The van der Waals surface area contributed by atoms with Crippen molar-refractivity contribution in [2.45, 2.75) is 83.3 Å². The molecule has 0 saturated carbocycles. The topological polar surface area (TPSA) is 85.6 Å². The van der Waals surface area contributed by atoms with Gasteiger partial charge >= 0.3 is 6.09 Å². The molecule has 1 aromatic heterocycles. The van der Waals surface area contributed by atoms with Crippen LogP contribution in [0.15, 0.2) is 30.6 Å². The van der Waals surface area contributed by atoms with Crippen molar-refractivity contribution in [3.05, 3.63) is 53.6 Å². The second-order valence-corrected chi connectivity index (χ2v) is 9.41. The maximum absolute atomic E-state index is 13.7. The van der Waals surface area contributed by atoms with Gasteiger partial charge in [-0.25, -0.2) is 18.6 Å². The third-order valence-electron chi connectivity index (χ3n) is 5.42. The fraction of sp³-hybridized carbons (Fsp3) is 0.583. The molecule has 0 spiro atoms.